The molecule has 0 fully saturated rings. The van der Waals surface area contributed by atoms with E-state index in [-0.39, 0.29) is 12.0 Å². The molecule has 0 aromatic heterocycles. The molecule has 0 bridgehead atoms. The standard InChI is InChI=1S/C7H9BrO/c1-5-4-6(8)2-3-7(5)9/h2-5,7,9H,1H3/t5-,7?/m1/s1. The molecule has 1 N–H and O–H groups in total. The van der Waals surface area contributed by atoms with Crippen LogP contribution in [0.3, 0.4) is 0 Å². The second kappa shape index (κ2) is 2.67. The van der Waals surface area contributed by atoms with Crippen LogP contribution in [-0.4, -0.2) is 11.2 Å². The monoisotopic (exact) mass is 188 g/mol. The Kier molecular flexibility index (Phi) is 2.09. The van der Waals surface area contributed by atoms with Crippen LogP contribution in [0.1, 0.15) is 6.92 Å². The van der Waals surface area contributed by atoms with E-state index < -0.39 is 0 Å². The van der Waals surface area contributed by atoms with Crippen molar-refractivity contribution >= 4 is 15.9 Å². The van der Waals surface area contributed by atoms with Gasteiger partial charge >= 0.3 is 0 Å². The average Bonchev–Trinajstić information content (AvgIpc) is 1.80. The van der Waals surface area contributed by atoms with E-state index in [9.17, 15) is 0 Å². The topological polar surface area (TPSA) is 20.2 Å². The van der Waals surface area contributed by atoms with Gasteiger partial charge in [0, 0.05) is 10.4 Å². The van der Waals surface area contributed by atoms with E-state index in [1.165, 1.54) is 0 Å². The van der Waals surface area contributed by atoms with Crippen LogP contribution in [0.2, 0.25) is 0 Å². The maximum Gasteiger partial charge on any atom is 0.0784 e. The SMILES string of the molecule is C[C@@H]1C=C(Br)C=CC1O. The maximum absolute atomic E-state index is 9.14. The number of hydrogen-bond acceptors (Lipinski definition) is 1. The zero-order chi connectivity index (χ0) is 6.85. The van der Waals surface area contributed by atoms with Gasteiger partial charge in [0.05, 0.1) is 6.10 Å². The van der Waals surface area contributed by atoms with Crippen molar-refractivity contribution in [2.24, 2.45) is 5.92 Å². The first-order valence-electron chi connectivity index (χ1n) is 2.94. The number of aliphatic hydroxyl groups is 1. The molecule has 0 saturated carbocycles. The van der Waals surface area contributed by atoms with Crippen LogP contribution >= 0.6 is 15.9 Å². The van der Waals surface area contributed by atoms with E-state index in [1.54, 1.807) is 6.08 Å². The van der Waals surface area contributed by atoms with Crippen molar-refractivity contribution in [2.75, 3.05) is 0 Å². The molecule has 0 aromatic carbocycles. The number of rotatable bonds is 0. The highest BCUT2D eigenvalue weighted by Gasteiger charge is 2.11. The fraction of sp³-hybridized carbons (Fsp3) is 0.429. The number of halogens is 1. The summed E-state index contributed by atoms with van der Waals surface area (Å²) in [4.78, 5) is 0. The third-order valence-electron chi connectivity index (χ3n) is 1.41. The molecule has 9 heavy (non-hydrogen) atoms. The molecule has 0 radical (unpaired) electrons. The van der Waals surface area contributed by atoms with E-state index in [0.29, 0.717) is 0 Å². The predicted octanol–water partition coefficient (Wildman–Crippen LogP) is 1.83. The number of hydrogen-bond donors (Lipinski definition) is 1. The molecule has 1 aliphatic carbocycles. The Morgan fingerprint density at radius 3 is 2.78 bits per heavy atom. The summed E-state index contributed by atoms with van der Waals surface area (Å²) in [5, 5.41) is 9.14. The molecule has 0 spiro atoms. The summed E-state index contributed by atoms with van der Waals surface area (Å²) in [5.41, 5.74) is 0. The van der Waals surface area contributed by atoms with Crippen LogP contribution in [0.5, 0.6) is 0 Å². The Morgan fingerprint density at radius 2 is 2.33 bits per heavy atom. The molecule has 1 nitrogen and oxygen atoms in total. The van der Waals surface area contributed by atoms with Gasteiger partial charge in [-0.25, -0.2) is 0 Å². The van der Waals surface area contributed by atoms with Crippen molar-refractivity contribution in [1.29, 1.82) is 0 Å². The van der Waals surface area contributed by atoms with Gasteiger partial charge in [0.1, 0.15) is 0 Å². The highest BCUT2D eigenvalue weighted by Crippen LogP contribution is 2.19. The van der Waals surface area contributed by atoms with Gasteiger partial charge in [0.2, 0.25) is 0 Å². The van der Waals surface area contributed by atoms with Crippen LogP contribution in [0, 0.1) is 5.92 Å². The Bertz CT molecular complexity index is 160. The van der Waals surface area contributed by atoms with Gasteiger partial charge in [-0.3, -0.25) is 0 Å². The van der Waals surface area contributed by atoms with Crippen LogP contribution in [-0.2, 0) is 0 Å². The Morgan fingerprint density at radius 1 is 1.67 bits per heavy atom. The summed E-state index contributed by atoms with van der Waals surface area (Å²) in [7, 11) is 0. The zero-order valence-electron chi connectivity index (χ0n) is 5.21. The van der Waals surface area contributed by atoms with Gasteiger partial charge in [-0.1, -0.05) is 35.0 Å². The summed E-state index contributed by atoms with van der Waals surface area (Å²) >= 11 is 3.32. The van der Waals surface area contributed by atoms with Crippen molar-refractivity contribution in [3.05, 3.63) is 22.7 Å². The number of allylic oxidation sites excluding steroid dienone is 2. The summed E-state index contributed by atoms with van der Waals surface area (Å²) in [5.74, 6) is 0.240. The molecule has 0 aliphatic heterocycles. The highest BCUT2D eigenvalue weighted by atomic mass is 79.9. The molecule has 0 amide bonds. The van der Waals surface area contributed by atoms with E-state index in [0.717, 1.165) is 4.48 Å². The zero-order valence-corrected chi connectivity index (χ0v) is 6.80. The van der Waals surface area contributed by atoms with Crippen molar-refractivity contribution in [3.8, 4) is 0 Å². The summed E-state index contributed by atoms with van der Waals surface area (Å²) in [6.45, 7) is 1.98. The lowest BCUT2D eigenvalue weighted by molar-refractivity contribution is 0.183. The molecule has 2 heteroatoms. The molecule has 1 unspecified atom stereocenters. The van der Waals surface area contributed by atoms with Gasteiger partial charge in [-0.2, -0.15) is 0 Å². The lowest BCUT2D eigenvalue weighted by Crippen LogP contribution is -2.14. The van der Waals surface area contributed by atoms with Gasteiger partial charge in [0.15, 0.2) is 0 Å². The van der Waals surface area contributed by atoms with Crippen molar-refractivity contribution in [1.82, 2.24) is 0 Å². The normalized spacial score (nSPS) is 34.3. The minimum absolute atomic E-state index is 0.240. The van der Waals surface area contributed by atoms with Crippen LogP contribution < -0.4 is 0 Å². The highest BCUT2D eigenvalue weighted by molar-refractivity contribution is 9.11. The van der Waals surface area contributed by atoms with Gasteiger partial charge < -0.3 is 5.11 Å². The van der Waals surface area contributed by atoms with E-state index in [2.05, 4.69) is 15.9 Å². The molecule has 1 rings (SSSR count). The quantitative estimate of drug-likeness (QED) is 0.616. The summed E-state index contributed by atoms with van der Waals surface area (Å²) < 4.78 is 1.06. The fourth-order valence-electron chi connectivity index (χ4n) is 0.771. The summed E-state index contributed by atoms with van der Waals surface area (Å²) in [6, 6.07) is 0. The van der Waals surface area contributed by atoms with Crippen molar-refractivity contribution in [3.63, 3.8) is 0 Å². The molecule has 0 aromatic rings. The lowest BCUT2D eigenvalue weighted by Gasteiger charge is -2.14. The van der Waals surface area contributed by atoms with Gasteiger partial charge in [-0.15, -0.1) is 0 Å². The van der Waals surface area contributed by atoms with Crippen molar-refractivity contribution < 1.29 is 5.11 Å². The Labute approximate surface area is 63.2 Å². The second-order valence-corrected chi connectivity index (χ2v) is 3.18. The van der Waals surface area contributed by atoms with Crippen LogP contribution in [0.25, 0.3) is 0 Å². The third kappa shape index (κ3) is 1.66. The third-order valence-corrected chi connectivity index (χ3v) is 1.94. The van der Waals surface area contributed by atoms with E-state index in [4.69, 9.17) is 5.11 Å². The molecule has 1 aliphatic rings. The van der Waals surface area contributed by atoms with Crippen LogP contribution in [0.4, 0.5) is 0 Å². The van der Waals surface area contributed by atoms with Gasteiger partial charge in [-0.05, 0) is 6.08 Å². The number of aliphatic hydroxyl groups excluding tert-OH is 1. The Balaban J connectivity index is 2.70. The molecule has 0 heterocycles. The average molecular weight is 189 g/mol. The molecule has 0 saturated heterocycles. The lowest BCUT2D eigenvalue weighted by atomic mass is 10.0. The molecule has 2 atom stereocenters. The Hall–Kier alpha value is -0.0800. The van der Waals surface area contributed by atoms with Crippen molar-refractivity contribution in [2.45, 2.75) is 13.0 Å². The first-order valence-corrected chi connectivity index (χ1v) is 3.73. The summed E-state index contributed by atoms with van der Waals surface area (Å²) in [6.07, 6.45) is 5.34. The molecular formula is C7H9BrO. The minimum atomic E-state index is -0.300. The van der Waals surface area contributed by atoms with E-state index in [1.807, 2.05) is 19.1 Å². The molecule has 50 valence electrons. The van der Waals surface area contributed by atoms with Crippen LogP contribution in [0.15, 0.2) is 22.7 Å². The minimum Gasteiger partial charge on any atom is -0.388 e. The predicted molar refractivity (Wildman–Crippen MR) is 41.3 cm³/mol. The fourth-order valence-corrected chi connectivity index (χ4v) is 1.34. The second-order valence-electron chi connectivity index (χ2n) is 2.26. The van der Waals surface area contributed by atoms with Gasteiger partial charge in [0.25, 0.3) is 0 Å². The smallest absolute Gasteiger partial charge is 0.0784 e. The van der Waals surface area contributed by atoms with E-state index >= 15 is 0 Å². The maximum atomic E-state index is 9.14. The molecular weight excluding hydrogens is 180 g/mol. The first-order chi connectivity index (χ1) is 4.20. The largest absolute Gasteiger partial charge is 0.388 e. The first kappa shape index (κ1) is 7.03.